The number of benzene rings is 1. The fourth-order valence-electron chi connectivity index (χ4n) is 2.15. The summed E-state index contributed by atoms with van der Waals surface area (Å²) in [6.45, 7) is 3.49. The van der Waals surface area contributed by atoms with E-state index in [0.29, 0.717) is 13.0 Å². The number of rotatable bonds is 9. The van der Waals surface area contributed by atoms with E-state index in [1.54, 1.807) is 19.0 Å². The van der Waals surface area contributed by atoms with Crippen molar-refractivity contribution in [3.05, 3.63) is 30.3 Å². The summed E-state index contributed by atoms with van der Waals surface area (Å²) in [5.74, 6) is 0.176. The lowest BCUT2D eigenvalue weighted by Crippen LogP contribution is -2.33. The van der Waals surface area contributed by atoms with Crippen LogP contribution in [0.2, 0.25) is 0 Å². The predicted molar refractivity (Wildman–Crippen MR) is 87.5 cm³/mol. The van der Waals surface area contributed by atoms with Crippen LogP contribution in [0, 0.1) is 0 Å². The summed E-state index contributed by atoms with van der Waals surface area (Å²) in [6, 6.07) is 10.1. The smallest absolute Gasteiger partial charge is 0.222 e. The minimum Gasteiger partial charge on any atom is -0.391 e. The molecule has 1 N–H and O–H groups in total. The normalized spacial score (nSPS) is 12.0. The fourth-order valence-corrected chi connectivity index (χ4v) is 2.15. The van der Waals surface area contributed by atoms with E-state index >= 15 is 0 Å². The van der Waals surface area contributed by atoms with E-state index < -0.39 is 0 Å². The van der Waals surface area contributed by atoms with Crippen molar-refractivity contribution in [1.82, 2.24) is 4.90 Å². The Balaban J connectivity index is 2.48. The highest BCUT2D eigenvalue weighted by atomic mass is 16.3. The summed E-state index contributed by atoms with van der Waals surface area (Å²) in [6.07, 6.45) is 2.86. The van der Waals surface area contributed by atoms with Crippen molar-refractivity contribution in [1.29, 1.82) is 0 Å². The van der Waals surface area contributed by atoms with E-state index in [0.717, 1.165) is 31.5 Å². The van der Waals surface area contributed by atoms with Gasteiger partial charge in [0, 0.05) is 39.3 Å². The van der Waals surface area contributed by atoms with Crippen LogP contribution in [0.5, 0.6) is 0 Å². The molecule has 118 valence electrons. The van der Waals surface area contributed by atoms with Crippen molar-refractivity contribution in [2.45, 2.75) is 38.7 Å². The van der Waals surface area contributed by atoms with Gasteiger partial charge in [0.25, 0.3) is 0 Å². The molecule has 1 rings (SSSR count). The number of carbonyl (C=O) groups excluding carboxylic acids is 1. The average molecular weight is 292 g/mol. The molecule has 0 bridgehead atoms. The van der Waals surface area contributed by atoms with E-state index in [1.165, 1.54) is 0 Å². The molecule has 0 aliphatic heterocycles. The number of hydrogen-bond donors (Lipinski definition) is 1. The number of aliphatic hydroxyl groups excluding tert-OH is 1. The molecule has 0 saturated carbocycles. The summed E-state index contributed by atoms with van der Waals surface area (Å²) in [4.78, 5) is 15.4. The Kier molecular flexibility index (Phi) is 7.83. The first-order chi connectivity index (χ1) is 10.0. The van der Waals surface area contributed by atoms with Crippen molar-refractivity contribution in [3.63, 3.8) is 0 Å². The molecular formula is C17H28N2O2. The number of para-hydroxylation sites is 1. The zero-order chi connectivity index (χ0) is 15.7. The van der Waals surface area contributed by atoms with Gasteiger partial charge in [0.05, 0.1) is 6.10 Å². The van der Waals surface area contributed by atoms with Gasteiger partial charge in [-0.1, -0.05) is 25.1 Å². The minimum absolute atomic E-state index is 0.176. The largest absolute Gasteiger partial charge is 0.391 e. The van der Waals surface area contributed by atoms with Crippen LogP contribution in [0.3, 0.4) is 0 Å². The number of anilines is 1. The van der Waals surface area contributed by atoms with E-state index in [-0.39, 0.29) is 12.0 Å². The number of aliphatic hydroxyl groups is 1. The maximum absolute atomic E-state index is 11.6. The highest BCUT2D eigenvalue weighted by Crippen LogP contribution is 2.15. The number of nitrogens with zero attached hydrogens (tertiary/aromatic N) is 2. The molecule has 0 aromatic heterocycles. The molecule has 0 aliphatic rings. The van der Waals surface area contributed by atoms with Gasteiger partial charge in [-0.3, -0.25) is 4.79 Å². The zero-order valence-electron chi connectivity index (χ0n) is 13.5. The first-order valence-electron chi connectivity index (χ1n) is 7.72. The van der Waals surface area contributed by atoms with Crippen LogP contribution < -0.4 is 4.90 Å². The van der Waals surface area contributed by atoms with Crippen LogP contribution in [0.25, 0.3) is 0 Å². The Morgan fingerprint density at radius 1 is 1.19 bits per heavy atom. The van der Waals surface area contributed by atoms with Crippen LogP contribution in [-0.4, -0.2) is 49.2 Å². The number of hydrogen-bond acceptors (Lipinski definition) is 3. The van der Waals surface area contributed by atoms with Gasteiger partial charge in [0.2, 0.25) is 5.91 Å². The Bertz CT molecular complexity index is 407. The average Bonchev–Trinajstić information content (AvgIpc) is 2.50. The van der Waals surface area contributed by atoms with Crippen molar-refractivity contribution < 1.29 is 9.90 Å². The number of amides is 1. The standard InChI is InChI=1S/C17H28N2O2/c1-4-16(20)14-19(15-10-6-5-7-11-15)13-9-8-12-17(21)18(2)3/h5-7,10-11,16,20H,4,8-9,12-14H2,1-3H3/t16-/m0/s1. The van der Waals surface area contributed by atoms with Gasteiger partial charge in [-0.15, -0.1) is 0 Å². The SMILES string of the molecule is CC[C@H](O)CN(CCCCC(=O)N(C)C)c1ccccc1. The van der Waals surface area contributed by atoms with Gasteiger partial charge >= 0.3 is 0 Å². The maximum atomic E-state index is 11.6. The van der Waals surface area contributed by atoms with Gasteiger partial charge in [0.1, 0.15) is 0 Å². The number of unbranched alkanes of at least 4 members (excludes halogenated alkanes) is 1. The second-order valence-corrected chi connectivity index (χ2v) is 5.59. The van der Waals surface area contributed by atoms with Crippen molar-refractivity contribution in [2.24, 2.45) is 0 Å². The van der Waals surface area contributed by atoms with Gasteiger partial charge in [-0.05, 0) is 31.4 Å². The van der Waals surface area contributed by atoms with Gasteiger partial charge in [0.15, 0.2) is 0 Å². The van der Waals surface area contributed by atoms with Crippen LogP contribution in [-0.2, 0) is 4.79 Å². The second-order valence-electron chi connectivity index (χ2n) is 5.59. The Morgan fingerprint density at radius 2 is 1.86 bits per heavy atom. The summed E-state index contributed by atoms with van der Waals surface area (Å²) < 4.78 is 0. The van der Waals surface area contributed by atoms with E-state index in [9.17, 15) is 9.90 Å². The van der Waals surface area contributed by atoms with Crippen molar-refractivity contribution in [2.75, 3.05) is 32.1 Å². The Morgan fingerprint density at radius 3 is 2.43 bits per heavy atom. The Labute approximate surface area is 128 Å². The first kappa shape index (κ1) is 17.5. The summed E-state index contributed by atoms with van der Waals surface area (Å²) in [5.41, 5.74) is 1.13. The lowest BCUT2D eigenvalue weighted by atomic mass is 10.1. The third kappa shape index (κ3) is 6.63. The molecule has 0 aliphatic carbocycles. The molecule has 0 fully saturated rings. The topological polar surface area (TPSA) is 43.8 Å². The van der Waals surface area contributed by atoms with Crippen molar-refractivity contribution >= 4 is 11.6 Å². The second kappa shape index (κ2) is 9.40. The zero-order valence-corrected chi connectivity index (χ0v) is 13.5. The molecule has 0 spiro atoms. The third-order valence-electron chi connectivity index (χ3n) is 3.59. The monoisotopic (exact) mass is 292 g/mol. The summed E-state index contributed by atoms with van der Waals surface area (Å²) in [5, 5.41) is 9.90. The first-order valence-corrected chi connectivity index (χ1v) is 7.72. The minimum atomic E-state index is -0.311. The predicted octanol–water partition coefficient (Wildman–Crippen LogP) is 2.52. The highest BCUT2D eigenvalue weighted by Gasteiger charge is 2.11. The molecular weight excluding hydrogens is 264 g/mol. The molecule has 1 aromatic rings. The lowest BCUT2D eigenvalue weighted by molar-refractivity contribution is -0.128. The molecule has 0 heterocycles. The lowest BCUT2D eigenvalue weighted by Gasteiger charge is -2.27. The van der Waals surface area contributed by atoms with Crippen LogP contribution in [0.1, 0.15) is 32.6 Å². The Hall–Kier alpha value is -1.55. The van der Waals surface area contributed by atoms with Gasteiger partial charge < -0.3 is 14.9 Å². The molecule has 4 nitrogen and oxygen atoms in total. The molecule has 0 unspecified atom stereocenters. The molecule has 0 saturated heterocycles. The summed E-state index contributed by atoms with van der Waals surface area (Å²) >= 11 is 0. The van der Waals surface area contributed by atoms with Gasteiger partial charge in [-0.2, -0.15) is 0 Å². The van der Waals surface area contributed by atoms with E-state index in [1.807, 2.05) is 25.1 Å². The van der Waals surface area contributed by atoms with E-state index in [4.69, 9.17) is 0 Å². The third-order valence-corrected chi connectivity index (χ3v) is 3.59. The van der Waals surface area contributed by atoms with Crippen LogP contribution in [0.4, 0.5) is 5.69 Å². The quantitative estimate of drug-likeness (QED) is 0.711. The van der Waals surface area contributed by atoms with Gasteiger partial charge in [-0.25, -0.2) is 0 Å². The molecule has 4 heteroatoms. The molecule has 1 aromatic carbocycles. The molecule has 1 atom stereocenters. The van der Waals surface area contributed by atoms with Crippen LogP contribution in [0.15, 0.2) is 30.3 Å². The maximum Gasteiger partial charge on any atom is 0.222 e. The van der Waals surface area contributed by atoms with Crippen molar-refractivity contribution in [3.8, 4) is 0 Å². The fraction of sp³-hybridized carbons (Fsp3) is 0.588. The molecule has 21 heavy (non-hydrogen) atoms. The van der Waals surface area contributed by atoms with E-state index in [2.05, 4.69) is 17.0 Å². The van der Waals surface area contributed by atoms with Crippen LogP contribution >= 0.6 is 0 Å². The number of carbonyl (C=O) groups is 1. The molecule has 0 radical (unpaired) electrons. The molecule has 1 amide bonds. The highest BCUT2D eigenvalue weighted by molar-refractivity contribution is 5.75. The summed E-state index contributed by atoms with van der Waals surface area (Å²) in [7, 11) is 3.58.